The second-order valence-electron chi connectivity index (χ2n) is 4.02. The highest BCUT2D eigenvalue weighted by molar-refractivity contribution is 9.10. The zero-order valence-electron chi connectivity index (χ0n) is 9.66. The Kier molecular flexibility index (Phi) is 4.28. The molecule has 5 heteroatoms. The van der Waals surface area contributed by atoms with E-state index in [2.05, 4.69) is 21.2 Å². The van der Waals surface area contributed by atoms with Gasteiger partial charge in [-0.1, -0.05) is 28.1 Å². The van der Waals surface area contributed by atoms with Crippen molar-refractivity contribution in [1.29, 1.82) is 0 Å². The summed E-state index contributed by atoms with van der Waals surface area (Å²) >= 11 is 3.31. The number of carbonyl (C=O) groups excluding carboxylic acids is 1. The summed E-state index contributed by atoms with van der Waals surface area (Å²) < 4.78 is 0.861. The van der Waals surface area contributed by atoms with Gasteiger partial charge in [-0.2, -0.15) is 0 Å². The van der Waals surface area contributed by atoms with E-state index >= 15 is 0 Å². The molecule has 0 radical (unpaired) electrons. The van der Waals surface area contributed by atoms with Crippen LogP contribution >= 0.6 is 15.9 Å². The lowest BCUT2D eigenvalue weighted by molar-refractivity contribution is -0.154. The number of benzene rings is 1. The summed E-state index contributed by atoms with van der Waals surface area (Å²) in [4.78, 5) is 22.9. The monoisotopic (exact) mass is 299 g/mol. The van der Waals surface area contributed by atoms with Gasteiger partial charge in [-0.05, 0) is 31.0 Å². The summed E-state index contributed by atoms with van der Waals surface area (Å²) in [5.74, 6) is -1.62. The first-order chi connectivity index (χ1) is 7.90. The Morgan fingerprint density at radius 1 is 1.47 bits per heavy atom. The molecule has 1 rings (SSSR count). The van der Waals surface area contributed by atoms with Gasteiger partial charge < -0.3 is 10.4 Å². The van der Waals surface area contributed by atoms with Crippen LogP contribution in [-0.4, -0.2) is 24.0 Å². The van der Waals surface area contributed by atoms with E-state index in [0.717, 1.165) is 10.0 Å². The highest BCUT2D eigenvalue weighted by atomic mass is 79.9. The van der Waals surface area contributed by atoms with Crippen LogP contribution < -0.4 is 5.32 Å². The molecule has 1 atom stereocenters. The summed E-state index contributed by atoms with van der Waals surface area (Å²) in [7, 11) is 1.43. The topological polar surface area (TPSA) is 66.4 Å². The number of carbonyl (C=O) groups is 2. The first kappa shape index (κ1) is 13.7. The maximum Gasteiger partial charge on any atom is 0.319 e. The average molecular weight is 300 g/mol. The number of nitrogens with one attached hydrogen (secondary N) is 1. The van der Waals surface area contributed by atoms with Crippen LogP contribution in [0.25, 0.3) is 0 Å². The minimum Gasteiger partial charge on any atom is -0.480 e. The molecule has 0 bridgehead atoms. The number of carboxylic acid groups (broad SMARTS) is 1. The standard InChI is InChI=1S/C12H14BrNO3/c1-12(11(16)17,10(15)14-2)7-8-4-3-5-9(13)6-8/h3-6H,7H2,1-2H3,(H,14,15)(H,16,17). The largest absolute Gasteiger partial charge is 0.480 e. The van der Waals surface area contributed by atoms with Crippen molar-refractivity contribution in [2.24, 2.45) is 5.41 Å². The van der Waals surface area contributed by atoms with Crippen molar-refractivity contribution in [3.8, 4) is 0 Å². The van der Waals surface area contributed by atoms with Crippen LogP contribution in [0.2, 0.25) is 0 Å². The molecule has 0 heterocycles. The Morgan fingerprint density at radius 3 is 2.59 bits per heavy atom. The summed E-state index contributed by atoms with van der Waals surface area (Å²) in [6.45, 7) is 1.43. The molecule has 0 aliphatic heterocycles. The van der Waals surface area contributed by atoms with Crippen molar-refractivity contribution < 1.29 is 14.7 Å². The highest BCUT2D eigenvalue weighted by Gasteiger charge is 2.40. The Balaban J connectivity index is 3.03. The van der Waals surface area contributed by atoms with E-state index < -0.39 is 17.3 Å². The van der Waals surface area contributed by atoms with Gasteiger partial charge in [-0.3, -0.25) is 9.59 Å². The summed E-state index contributed by atoms with van der Waals surface area (Å²) in [5, 5.41) is 11.6. The second-order valence-corrected chi connectivity index (χ2v) is 4.94. The molecular weight excluding hydrogens is 286 g/mol. The van der Waals surface area contributed by atoms with Crippen molar-refractivity contribution in [2.75, 3.05) is 7.05 Å². The third-order valence-electron chi connectivity index (χ3n) is 2.65. The fourth-order valence-corrected chi connectivity index (χ4v) is 2.03. The van der Waals surface area contributed by atoms with Crippen molar-refractivity contribution in [3.63, 3.8) is 0 Å². The first-order valence-electron chi connectivity index (χ1n) is 5.10. The van der Waals surface area contributed by atoms with Crippen LogP contribution in [0.5, 0.6) is 0 Å². The average Bonchev–Trinajstić information content (AvgIpc) is 2.27. The van der Waals surface area contributed by atoms with Crippen molar-refractivity contribution in [2.45, 2.75) is 13.3 Å². The van der Waals surface area contributed by atoms with Gasteiger partial charge in [-0.25, -0.2) is 0 Å². The van der Waals surface area contributed by atoms with Crippen LogP contribution in [0.1, 0.15) is 12.5 Å². The molecule has 1 aromatic carbocycles. The minimum atomic E-state index is -1.45. The number of carboxylic acids is 1. The molecule has 0 aromatic heterocycles. The van der Waals surface area contributed by atoms with Crippen molar-refractivity contribution in [1.82, 2.24) is 5.32 Å². The molecule has 0 aliphatic carbocycles. The summed E-state index contributed by atoms with van der Waals surface area (Å²) in [6.07, 6.45) is 0.154. The summed E-state index contributed by atoms with van der Waals surface area (Å²) in [5.41, 5.74) is -0.650. The maximum absolute atomic E-state index is 11.7. The van der Waals surface area contributed by atoms with Crippen molar-refractivity contribution >= 4 is 27.8 Å². The first-order valence-corrected chi connectivity index (χ1v) is 5.89. The summed E-state index contributed by atoms with van der Waals surface area (Å²) in [6, 6.07) is 7.27. The van der Waals surface area contributed by atoms with Crippen LogP contribution in [0.15, 0.2) is 28.7 Å². The fraction of sp³-hybridized carbons (Fsp3) is 0.333. The van der Waals surface area contributed by atoms with Gasteiger partial charge in [-0.15, -0.1) is 0 Å². The molecule has 0 spiro atoms. The molecule has 4 nitrogen and oxygen atoms in total. The third-order valence-corrected chi connectivity index (χ3v) is 3.14. The number of hydrogen-bond acceptors (Lipinski definition) is 2. The number of halogens is 1. The highest BCUT2D eigenvalue weighted by Crippen LogP contribution is 2.25. The van der Waals surface area contributed by atoms with E-state index in [-0.39, 0.29) is 6.42 Å². The van der Waals surface area contributed by atoms with Crippen LogP contribution in [0.3, 0.4) is 0 Å². The fourth-order valence-electron chi connectivity index (χ4n) is 1.58. The molecule has 0 fully saturated rings. The minimum absolute atomic E-state index is 0.154. The molecule has 0 saturated heterocycles. The normalized spacial score (nSPS) is 13.8. The smallest absolute Gasteiger partial charge is 0.319 e. The van der Waals surface area contributed by atoms with Gasteiger partial charge in [0.1, 0.15) is 5.41 Å². The number of amides is 1. The predicted molar refractivity (Wildman–Crippen MR) is 67.7 cm³/mol. The van der Waals surface area contributed by atoms with E-state index in [1.54, 1.807) is 6.07 Å². The second kappa shape index (κ2) is 5.31. The Labute approximate surface area is 108 Å². The lowest BCUT2D eigenvalue weighted by atomic mass is 9.83. The maximum atomic E-state index is 11.7. The molecule has 92 valence electrons. The number of hydrogen-bond donors (Lipinski definition) is 2. The third kappa shape index (κ3) is 3.06. The molecule has 2 N–H and O–H groups in total. The lowest BCUT2D eigenvalue weighted by Gasteiger charge is -2.22. The van der Waals surface area contributed by atoms with E-state index in [0.29, 0.717) is 0 Å². The van der Waals surface area contributed by atoms with Gasteiger partial charge in [0.05, 0.1) is 0 Å². The molecular formula is C12H14BrNO3. The van der Waals surface area contributed by atoms with E-state index in [4.69, 9.17) is 0 Å². The number of aliphatic carboxylic acids is 1. The molecule has 1 unspecified atom stereocenters. The molecule has 0 saturated carbocycles. The van der Waals surface area contributed by atoms with Crippen LogP contribution in [0, 0.1) is 5.41 Å². The molecule has 1 aromatic rings. The van der Waals surface area contributed by atoms with Crippen molar-refractivity contribution in [3.05, 3.63) is 34.3 Å². The molecule has 1 amide bonds. The van der Waals surface area contributed by atoms with Gasteiger partial charge in [0.25, 0.3) is 0 Å². The zero-order valence-corrected chi connectivity index (χ0v) is 11.2. The SMILES string of the molecule is CNC(=O)C(C)(Cc1cccc(Br)c1)C(=O)O. The van der Waals surface area contributed by atoms with Gasteiger partial charge in [0.2, 0.25) is 5.91 Å². The molecule has 0 aliphatic rings. The van der Waals surface area contributed by atoms with Crippen LogP contribution in [-0.2, 0) is 16.0 Å². The van der Waals surface area contributed by atoms with Gasteiger partial charge >= 0.3 is 5.97 Å². The predicted octanol–water partition coefficient (Wildman–Crippen LogP) is 1.83. The zero-order chi connectivity index (χ0) is 13.1. The van der Waals surface area contributed by atoms with Gasteiger partial charge in [0, 0.05) is 11.5 Å². The van der Waals surface area contributed by atoms with E-state index in [1.165, 1.54) is 14.0 Å². The van der Waals surface area contributed by atoms with Crippen LogP contribution in [0.4, 0.5) is 0 Å². The quantitative estimate of drug-likeness (QED) is 0.834. The van der Waals surface area contributed by atoms with Gasteiger partial charge in [0.15, 0.2) is 0 Å². The number of rotatable bonds is 4. The molecule has 17 heavy (non-hydrogen) atoms. The lowest BCUT2D eigenvalue weighted by Crippen LogP contribution is -2.44. The van der Waals surface area contributed by atoms with E-state index in [1.807, 2.05) is 18.2 Å². The Hall–Kier alpha value is -1.36. The van der Waals surface area contributed by atoms with E-state index in [9.17, 15) is 14.7 Å². The Bertz CT molecular complexity index is 447. The Morgan fingerprint density at radius 2 is 2.12 bits per heavy atom.